The van der Waals surface area contributed by atoms with E-state index in [2.05, 4.69) is 15.9 Å². The van der Waals surface area contributed by atoms with Gasteiger partial charge in [0.2, 0.25) is 0 Å². The highest BCUT2D eigenvalue weighted by Gasteiger charge is 2.10. The van der Waals surface area contributed by atoms with E-state index in [1.54, 1.807) is 6.07 Å². The minimum absolute atomic E-state index is 0.0835. The fourth-order valence-electron chi connectivity index (χ4n) is 1.10. The molecule has 3 N–H and O–H groups in total. The first-order valence-electron chi connectivity index (χ1n) is 3.97. The molecule has 0 heterocycles. The maximum absolute atomic E-state index is 8.73. The number of nitrogens with two attached hydrogens (primary N) is 1. The van der Waals surface area contributed by atoms with E-state index in [4.69, 9.17) is 22.4 Å². The summed E-state index contributed by atoms with van der Waals surface area (Å²) in [5.74, 6) is 0. The van der Waals surface area contributed by atoms with Crippen molar-refractivity contribution in [2.45, 2.75) is 12.5 Å². The summed E-state index contributed by atoms with van der Waals surface area (Å²) in [4.78, 5) is 0. The maximum Gasteiger partial charge on any atom is 0.0551 e. The zero-order chi connectivity index (χ0) is 9.84. The molecule has 1 aromatic rings. The molecular formula is C9H11BrClNO. The van der Waals surface area contributed by atoms with Crippen molar-refractivity contribution in [3.8, 4) is 0 Å². The van der Waals surface area contributed by atoms with Gasteiger partial charge in [-0.15, -0.1) is 0 Å². The van der Waals surface area contributed by atoms with E-state index in [0.717, 1.165) is 10.0 Å². The molecule has 0 amide bonds. The second-order valence-corrected chi connectivity index (χ2v) is 3.96. The van der Waals surface area contributed by atoms with Crippen LogP contribution < -0.4 is 5.73 Å². The van der Waals surface area contributed by atoms with Crippen LogP contribution in [0.15, 0.2) is 22.7 Å². The van der Waals surface area contributed by atoms with E-state index >= 15 is 0 Å². The van der Waals surface area contributed by atoms with Crippen LogP contribution in [0.2, 0.25) is 5.02 Å². The lowest BCUT2D eigenvalue weighted by atomic mass is 10.1. The largest absolute Gasteiger partial charge is 0.396 e. The lowest BCUT2D eigenvalue weighted by Crippen LogP contribution is -2.12. The molecule has 0 radical (unpaired) electrons. The highest BCUT2D eigenvalue weighted by Crippen LogP contribution is 2.30. The quantitative estimate of drug-likeness (QED) is 0.881. The third-order valence-electron chi connectivity index (χ3n) is 1.82. The number of aliphatic hydroxyl groups is 1. The van der Waals surface area contributed by atoms with Crippen LogP contribution >= 0.6 is 27.5 Å². The SMILES string of the molecule is N[C@@H](CCO)c1cccc(Cl)c1Br. The van der Waals surface area contributed by atoms with E-state index in [1.165, 1.54) is 0 Å². The summed E-state index contributed by atoms with van der Waals surface area (Å²) in [6, 6.07) is 5.37. The molecule has 0 aliphatic rings. The molecule has 13 heavy (non-hydrogen) atoms. The summed E-state index contributed by atoms with van der Waals surface area (Å²) in [6.07, 6.45) is 0.541. The minimum atomic E-state index is -0.168. The zero-order valence-electron chi connectivity index (χ0n) is 7.00. The predicted molar refractivity (Wildman–Crippen MR) is 57.8 cm³/mol. The maximum atomic E-state index is 8.73. The van der Waals surface area contributed by atoms with Crippen LogP contribution in [0, 0.1) is 0 Å². The Kier molecular flexibility index (Phi) is 4.19. The Balaban J connectivity index is 2.93. The summed E-state index contributed by atoms with van der Waals surface area (Å²) in [5.41, 5.74) is 6.76. The molecule has 0 aliphatic heterocycles. The van der Waals surface area contributed by atoms with Gasteiger partial charge in [0, 0.05) is 17.1 Å². The number of hydrogen-bond acceptors (Lipinski definition) is 2. The first kappa shape index (κ1) is 11.0. The van der Waals surface area contributed by atoms with E-state index in [1.807, 2.05) is 12.1 Å². The van der Waals surface area contributed by atoms with Gasteiger partial charge in [-0.3, -0.25) is 0 Å². The Hall–Kier alpha value is -0.0900. The van der Waals surface area contributed by atoms with E-state index in [9.17, 15) is 0 Å². The molecule has 1 aromatic carbocycles. The van der Waals surface area contributed by atoms with Gasteiger partial charge < -0.3 is 10.8 Å². The van der Waals surface area contributed by atoms with Gasteiger partial charge in [-0.05, 0) is 34.0 Å². The molecule has 0 spiro atoms. The smallest absolute Gasteiger partial charge is 0.0551 e. The van der Waals surface area contributed by atoms with Crippen molar-refractivity contribution in [3.63, 3.8) is 0 Å². The Bertz CT molecular complexity index is 293. The average Bonchev–Trinajstić information content (AvgIpc) is 2.10. The fourth-order valence-corrected chi connectivity index (χ4v) is 1.84. The van der Waals surface area contributed by atoms with Crippen LogP contribution in [0.1, 0.15) is 18.0 Å². The molecule has 0 bridgehead atoms. The third-order valence-corrected chi connectivity index (χ3v) is 3.25. The van der Waals surface area contributed by atoms with Crippen LogP contribution in [0.4, 0.5) is 0 Å². The summed E-state index contributed by atoms with van der Waals surface area (Å²) in [5, 5.41) is 9.37. The zero-order valence-corrected chi connectivity index (χ0v) is 9.35. The number of rotatable bonds is 3. The second kappa shape index (κ2) is 4.96. The average molecular weight is 265 g/mol. The van der Waals surface area contributed by atoms with Crippen molar-refractivity contribution in [2.75, 3.05) is 6.61 Å². The van der Waals surface area contributed by atoms with Gasteiger partial charge in [0.15, 0.2) is 0 Å². The van der Waals surface area contributed by atoms with Gasteiger partial charge in [0.1, 0.15) is 0 Å². The molecule has 0 unspecified atom stereocenters. The predicted octanol–water partition coefficient (Wildman–Crippen LogP) is 2.48. The van der Waals surface area contributed by atoms with Gasteiger partial charge in [-0.2, -0.15) is 0 Å². The standard InChI is InChI=1S/C9H11BrClNO/c10-9-6(8(12)4-5-13)2-1-3-7(9)11/h1-3,8,13H,4-5,12H2/t8-/m0/s1. The number of aliphatic hydroxyl groups excluding tert-OH is 1. The molecule has 0 saturated carbocycles. The highest BCUT2D eigenvalue weighted by atomic mass is 79.9. The van der Waals surface area contributed by atoms with Gasteiger partial charge in [-0.1, -0.05) is 23.7 Å². The summed E-state index contributed by atoms with van der Waals surface area (Å²) in [7, 11) is 0. The van der Waals surface area contributed by atoms with E-state index in [-0.39, 0.29) is 12.6 Å². The first-order valence-corrected chi connectivity index (χ1v) is 5.14. The molecule has 0 aliphatic carbocycles. The van der Waals surface area contributed by atoms with Gasteiger partial charge >= 0.3 is 0 Å². The van der Waals surface area contributed by atoms with E-state index < -0.39 is 0 Å². The Labute approximate surface area is 90.8 Å². The summed E-state index contributed by atoms with van der Waals surface area (Å²) >= 11 is 9.25. The normalized spacial score (nSPS) is 12.9. The molecule has 1 atom stereocenters. The Morgan fingerprint density at radius 3 is 2.85 bits per heavy atom. The van der Waals surface area contributed by atoms with Gasteiger partial charge in [0.25, 0.3) is 0 Å². The minimum Gasteiger partial charge on any atom is -0.396 e. The molecule has 2 nitrogen and oxygen atoms in total. The van der Waals surface area contributed by atoms with Crippen LogP contribution in [-0.4, -0.2) is 11.7 Å². The Morgan fingerprint density at radius 1 is 1.54 bits per heavy atom. The molecule has 0 aromatic heterocycles. The number of halogens is 2. The number of hydrogen-bond donors (Lipinski definition) is 2. The van der Waals surface area contributed by atoms with Crippen molar-refractivity contribution >= 4 is 27.5 Å². The Morgan fingerprint density at radius 2 is 2.23 bits per heavy atom. The van der Waals surface area contributed by atoms with Gasteiger partial charge in [0.05, 0.1) is 5.02 Å². The van der Waals surface area contributed by atoms with Crippen molar-refractivity contribution in [3.05, 3.63) is 33.3 Å². The molecule has 0 saturated heterocycles. The fraction of sp³-hybridized carbons (Fsp3) is 0.333. The highest BCUT2D eigenvalue weighted by molar-refractivity contribution is 9.10. The van der Waals surface area contributed by atoms with Crippen LogP contribution in [0.5, 0.6) is 0 Å². The van der Waals surface area contributed by atoms with Crippen molar-refractivity contribution in [1.82, 2.24) is 0 Å². The van der Waals surface area contributed by atoms with Crippen LogP contribution in [0.3, 0.4) is 0 Å². The topological polar surface area (TPSA) is 46.2 Å². The second-order valence-electron chi connectivity index (χ2n) is 2.76. The third kappa shape index (κ3) is 2.68. The monoisotopic (exact) mass is 263 g/mol. The van der Waals surface area contributed by atoms with Crippen LogP contribution in [0.25, 0.3) is 0 Å². The summed E-state index contributed by atoms with van der Waals surface area (Å²) < 4.78 is 0.817. The molecule has 4 heteroatoms. The molecule has 72 valence electrons. The first-order chi connectivity index (χ1) is 6.16. The molecule has 0 fully saturated rings. The van der Waals surface area contributed by atoms with Crippen molar-refractivity contribution < 1.29 is 5.11 Å². The lowest BCUT2D eigenvalue weighted by Gasteiger charge is -2.12. The molecule has 1 rings (SSSR count). The lowest BCUT2D eigenvalue weighted by molar-refractivity contribution is 0.276. The number of benzene rings is 1. The van der Waals surface area contributed by atoms with Crippen molar-refractivity contribution in [2.24, 2.45) is 5.73 Å². The molecular weight excluding hydrogens is 253 g/mol. The summed E-state index contributed by atoms with van der Waals surface area (Å²) in [6.45, 7) is 0.0835. The van der Waals surface area contributed by atoms with Crippen molar-refractivity contribution in [1.29, 1.82) is 0 Å². The van der Waals surface area contributed by atoms with E-state index in [0.29, 0.717) is 11.4 Å². The van der Waals surface area contributed by atoms with Crippen LogP contribution in [-0.2, 0) is 0 Å². The van der Waals surface area contributed by atoms with Gasteiger partial charge in [-0.25, -0.2) is 0 Å².